The Morgan fingerprint density at radius 1 is 1.21 bits per heavy atom. The summed E-state index contributed by atoms with van der Waals surface area (Å²) in [5.41, 5.74) is 6.89. The summed E-state index contributed by atoms with van der Waals surface area (Å²) < 4.78 is 4.91. The lowest BCUT2D eigenvalue weighted by Crippen LogP contribution is -2.30. The molecule has 3 rings (SSSR count). The van der Waals surface area contributed by atoms with Crippen molar-refractivity contribution in [3.8, 4) is 0 Å². The molecule has 0 bridgehead atoms. The standard InChI is InChI=1S/C18H23N7O4/c1-24(4-3-15(19)20)17(27)13-6-11(8-22-13)25(2)18(28)12-5-10(7-21-12)23-16(26)14-9-29-14/h5-8,14,21-22H,3-4,9H2,1-2H3,(H3,19,20)(H,23,26). The number of H-pyrrole nitrogens is 2. The van der Waals surface area contributed by atoms with Crippen molar-refractivity contribution in [3.63, 3.8) is 0 Å². The van der Waals surface area contributed by atoms with Gasteiger partial charge < -0.3 is 35.6 Å². The van der Waals surface area contributed by atoms with E-state index in [0.717, 1.165) is 0 Å². The molecule has 2 aromatic heterocycles. The van der Waals surface area contributed by atoms with Gasteiger partial charge in [-0.25, -0.2) is 0 Å². The lowest BCUT2D eigenvalue weighted by Gasteiger charge is -2.16. The third kappa shape index (κ3) is 4.82. The van der Waals surface area contributed by atoms with E-state index in [4.69, 9.17) is 15.9 Å². The van der Waals surface area contributed by atoms with Crippen LogP contribution in [0.2, 0.25) is 0 Å². The maximum absolute atomic E-state index is 12.7. The number of nitrogens with two attached hydrogens (primary N) is 1. The third-order valence-corrected chi connectivity index (χ3v) is 4.46. The largest absolute Gasteiger partial charge is 0.388 e. The van der Waals surface area contributed by atoms with Crippen LogP contribution in [-0.2, 0) is 9.53 Å². The Balaban J connectivity index is 1.63. The summed E-state index contributed by atoms with van der Waals surface area (Å²) >= 11 is 0. The van der Waals surface area contributed by atoms with Crippen LogP contribution >= 0.6 is 0 Å². The van der Waals surface area contributed by atoms with Gasteiger partial charge in [-0.05, 0) is 12.1 Å². The summed E-state index contributed by atoms with van der Waals surface area (Å²) in [5, 5.41) is 9.90. The molecule has 0 aliphatic carbocycles. The van der Waals surface area contributed by atoms with E-state index in [1.165, 1.54) is 22.1 Å². The fourth-order valence-electron chi connectivity index (χ4n) is 2.61. The Morgan fingerprint density at radius 3 is 2.52 bits per heavy atom. The Morgan fingerprint density at radius 2 is 1.86 bits per heavy atom. The molecule has 1 aliphatic heterocycles. The number of ether oxygens (including phenoxy) is 1. The first-order valence-electron chi connectivity index (χ1n) is 8.92. The first kappa shape index (κ1) is 20.1. The molecular weight excluding hydrogens is 378 g/mol. The normalized spacial score (nSPS) is 14.9. The number of hydrogen-bond acceptors (Lipinski definition) is 5. The Labute approximate surface area is 166 Å². The number of anilines is 2. The molecule has 2 aromatic rings. The SMILES string of the molecule is CN(CCC(=N)N)C(=O)c1cc(N(C)C(=O)c2cc(NC(=O)C3CO3)c[nH]2)c[nH]1. The maximum Gasteiger partial charge on any atom is 0.274 e. The average Bonchev–Trinajstić information content (AvgIpc) is 3.25. The van der Waals surface area contributed by atoms with Crippen molar-refractivity contribution in [1.29, 1.82) is 5.41 Å². The molecule has 1 aliphatic rings. The molecule has 1 saturated heterocycles. The summed E-state index contributed by atoms with van der Waals surface area (Å²) in [6.45, 7) is 0.726. The number of carbonyl (C=O) groups excluding carboxylic acids is 3. The number of rotatable bonds is 8. The monoisotopic (exact) mass is 401 g/mol. The van der Waals surface area contributed by atoms with Gasteiger partial charge in [0.05, 0.1) is 23.8 Å². The van der Waals surface area contributed by atoms with E-state index in [1.54, 1.807) is 26.4 Å². The van der Waals surface area contributed by atoms with E-state index in [9.17, 15) is 14.4 Å². The molecule has 6 N–H and O–H groups in total. The van der Waals surface area contributed by atoms with Crippen molar-refractivity contribution in [1.82, 2.24) is 14.9 Å². The highest BCUT2D eigenvalue weighted by molar-refractivity contribution is 6.06. The molecule has 11 nitrogen and oxygen atoms in total. The van der Waals surface area contributed by atoms with Gasteiger partial charge in [0.25, 0.3) is 17.7 Å². The van der Waals surface area contributed by atoms with Crippen molar-refractivity contribution in [2.45, 2.75) is 12.5 Å². The second kappa shape index (κ2) is 8.19. The molecule has 0 radical (unpaired) electrons. The molecule has 1 atom stereocenters. The van der Waals surface area contributed by atoms with Gasteiger partial charge in [0.2, 0.25) is 0 Å². The number of hydrogen-bond donors (Lipinski definition) is 5. The Kier molecular flexibility index (Phi) is 5.69. The van der Waals surface area contributed by atoms with Gasteiger partial charge in [-0.2, -0.15) is 0 Å². The predicted molar refractivity (Wildman–Crippen MR) is 106 cm³/mol. The molecular formula is C18H23N7O4. The van der Waals surface area contributed by atoms with E-state index in [0.29, 0.717) is 30.2 Å². The Hall–Kier alpha value is -3.60. The van der Waals surface area contributed by atoms with Gasteiger partial charge in [-0.3, -0.25) is 19.8 Å². The molecule has 3 heterocycles. The molecule has 0 spiro atoms. The Bertz CT molecular complexity index is 944. The third-order valence-electron chi connectivity index (χ3n) is 4.46. The first-order chi connectivity index (χ1) is 13.8. The van der Waals surface area contributed by atoms with Crippen molar-refractivity contribution < 1.29 is 19.1 Å². The highest BCUT2D eigenvalue weighted by Gasteiger charge is 2.31. The molecule has 11 heteroatoms. The minimum atomic E-state index is -0.420. The second-order valence-electron chi connectivity index (χ2n) is 6.75. The maximum atomic E-state index is 12.7. The topological polar surface area (TPSA) is 164 Å². The van der Waals surface area contributed by atoms with Crippen molar-refractivity contribution in [3.05, 3.63) is 35.9 Å². The highest BCUT2D eigenvalue weighted by Crippen LogP contribution is 2.20. The minimum absolute atomic E-state index is 0.00770. The number of nitrogens with zero attached hydrogens (tertiary/aromatic N) is 2. The van der Waals surface area contributed by atoms with E-state index in [-0.39, 0.29) is 35.7 Å². The smallest absolute Gasteiger partial charge is 0.274 e. The quantitative estimate of drug-likeness (QED) is 0.244. The molecule has 1 unspecified atom stereocenters. The summed E-state index contributed by atoms with van der Waals surface area (Å²) in [6, 6.07) is 3.11. The van der Waals surface area contributed by atoms with Crippen molar-refractivity contribution in [2.24, 2.45) is 5.73 Å². The fourth-order valence-corrected chi connectivity index (χ4v) is 2.61. The van der Waals surface area contributed by atoms with Crippen LogP contribution in [0.4, 0.5) is 11.4 Å². The molecule has 1 fully saturated rings. The zero-order valence-corrected chi connectivity index (χ0v) is 16.1. The second-order valence-corrected chi connectivity index (χ2v) is 6.75. The number of amidine groups is 1. The van der Waals surface area contributed by atoms with Crippen LogP contribution in [0, 0.1) is 5.41 Å². The van der Waals surface area contributed by atoms with Gasteiger partial charge in [-0.1, -0.05) is 0 Å². The number of amides is 3. The van der Waals surface area contributed by atoms with Crippen LogP contribution in [0.15, 0.2) is 24.5 Å². The summed E-state index contributed by atoms with van der Waals surface area (Å²) in [7, 11) is 3.19. The average molecular weight is 401 g/mol. The van der Waals surface area contributed by atoms with Gasteiger partial charge in [0.1, 0.15) is 11.4 Å². The predicted octanol–water partition coefficient (Wildman–Crippen LogP) is 0.355. The number of carbonyl (C=O) groups is 3. The summed E-state index contributed by atoms with van der Waals surface area (Å²) in [4.78, 5) is 45.3. The van der Waals surface area contributed by atoms with E-state index in [2.05, 4.69) is 15.3 Å². The van der Waals surface area contributed by atoms with Gasteiger partial charge in [0, 0.05) is 39.5 Å². The lowest BCUT2D eigenvalue weighted by molar-refractivity contribution is -0.117. The zero-order chi connectivity index (χ0) is 21.1. The molecule has 0 saturated carbocycles. The van der Waals surface area contributed by atoms with E-state index in [1.807, 2.05) is 0 Å². The van der Waals surface area contributed by atoms with Crippen LogP contribution in [0.25, 0.3) is 0 Å². The molecule has 3 amide bonds. The number of aromatic nitrogens is 2. The molecule has 29 heavy (non-hydrogen) atoms. The summed E-state index contributed by atoms with van der Waals surface area (Å²) in [5.74, 6) is -0.853. The molecule has 0 aromatic carbocycles. The van der Waals surface area contributed by atoms with Crippen LogP contribution in [0.3, 0.4) is 0 Å². The summed E-state index contributed by atoms with van der Waals surface area (Å²) in [6.07, 6.45) is 2.94. The highest BCUT2D eigenvalue weighted by atomic mass is 16.6. The van der Waals surface area contributed by atoms with Crippen LogP contribution < -0.4 is 16.0 Å². The zero-order valence-electron chi connectivity index (χ0n) is 16.1. The van der Waals surface area contributed by atoms with Crippen LogP contribution in [0.1, 0.15) is 27.4 Å². The van der Waals surface area contributed by atoms with E-state index >= 15 is 0 Å². The molecule has 154 valence electrons. The first-order valence-corrected chi connectivity index (χ1v) is 8.92. The van der Waals surface area contributed by atoms with Crippen LogP contribution in [-0.4, -0.2) is 71.8 Å². The van der Waals surface area contributed by atoms with E-state index < -0.39 is 6.10 Å². The van der Waals surface area contributed by atoms with Gasteiger partial charge in [0.15, 0.2) is 6.10 Å². The van der Waals surface area contributed by atoms with Crippen molar-refractivity contribution >= 4 is 34.9 Å². The van der Waals surface area contributed by atoms with Gasteiger partial charge in [-0.15, -0.1) is 0 Å². The number of nitrogens with one attached hydrogen (secondary N) is 4. The fraction of sp³-hybridized carbons (Fsp3) is 0.333. The number of epoxide rings is 1. The van der Waals surface area contributed by atoms with Crippen LogP contribution in [0.5, 0.6) is 0 Å². The lowest BCUT2D eigenvalue weighted by atomic mass is 10.3. The minimum Gasteiger partial charge on any atom is -0.388 e. The van der Waals surface area contributed by atoms with Gasteiger partial charge >= 0.3 is 0 Å². The van der Waals surface area contributed by atoms with Crippen molar-refractivity contribution in [2.75, 3.05) is 37.5 Å². The number of aromatic amines is 2.